The van der Waals surface area contributed by atoms with Crippen LogP contribution in [0.2, 0.25) is 0 Å². The fourth-order valence-corrected chi connectivity index (χ4v) is 2.66. The van der Waals surface area contributed by atoms with Gasteiger partial charge in [-0.15, -0.1) is 0 Å². The Morgan fingerprint density at radius 3 is 2.81 bits per heavy atom. The van der Waals surface area contributed by atoms with Crippen LogP contribution in [0.25, 0.3) is 0 Å². The summed E-state index contributed by atoms with van der Waals surface area (Å²) < 4.78 is 65.7. The molecule has 0 radical (unpaired) electrons. The summed E-state index contributed by atoms with van der Waals surface area (Å²) in [5, 5.41) is 26.4. The van der Waals surface area contributed by atoms with E-state index in [9.17, 15) is 23.5 Å². The van der Waals surface area contributed by atoms with Crippen molar-refractivity contribution in [3.63, 3.8) is 0 Å². The monoisotopic (exact) mass is 370 g/mol. The van der Waals surface area contributed by atoms with Gasteiger partial charge in [-0.1, -0.05) is 13.0 Å². The zero-order valence-corrected chi connectivity index (χ0v) is 13.3. The van der Waals surface area contributed by atoms with Gasteiger partial charge in [0.1, 0.15) is 40.1 Å². The molecule has 0 saturated heterocycles. The minimum atomic E-state index is -2.36. The largest absolute Gasteiger partial charge is 0.711 e. The van der Waals surface area contributed by atoms with Crippen LogP contribution in [-0.4, -0.2) is 24.9 Å². The summed E-state index contributed by atoms with van der Waals surface area (Å²) in [6.07, 6.45) is -1.50. The number of aliphatic hydroxyl groups is 1. The molecule has 10 heteroatoms. The summed E-state index contributed by atoms with van der Waals surface area (Å²) >= 11 is 0. The van der Waals surface area contributed by atoms with Crippen LogP contribution in [0.4, 0.5) is 13.2 Å². The molecule has 26 heavy (non-hydrogen) atoms. The molecule has 2 atom stereocenters. The summed E-state index contributed by atoms with van der Waals surface area (Å²) in [7, 11) is 0. The van der Waals surface area contributed by atoms with Crippen LogP contribution in [0.3, 0.4) is 0 Å². The third-order valence-corrected chi connectivity index (χ3v) is 4.03. The molecule has 0 amide bonds. The smallest absolute Gasteiger partial charge is 0.289 e. The molecule has 7 nitrogen and oxygen atoms in total. The molecule has 0 fully saturated rings. The zero-order valence-electron chi connectivity index (χ0n) is 16.3. The minimum Gasteiger partial charge on any atom is -0.711 e. The van der Waals surface area contributed by atoms with E-state index < -0.39 is 65.6 Å². The van der Waals surface area contributed by atoms with E-state index in [1.165, 1.54) is 6.92 Å². The van der Waals surface area contributed by atoms with E-state index in [-0.39, 0.29) is 4.73 Å². The van der Waals surface area contributed by atoms with E-state index in [1.54, 1.807) is 0 Å². The number of rotatable bonds is 5. The average molecular weight is 370 g/mol. The van der Waals surface area contributed by atoms with Gasteiger partial charge in [-0.3, -0.25) is 0 Å². The van der Waals surface area contributed by atoms with E-state index in [1.807, 2.05) is 0 Å². The van der Waals surface area contributed by atoms with Crippen molar-refractivity contribution in [2.45, 2.75) is 25.0 Å². The maximum atomic E-state index is 14.5. The van der Waals surface area contributed by atoms with Gasteiger partial charge in [-0.2, -0.15) is 9.49 Å². The Morgan fingerprint density at radius 1 is 1.38 bits per heavy atom. The Kier molecular flexibility index (Phi) is 3.66. The first-order valence-electron chi connectivity index (χ1n) is 8.84. The van der Waals surface area contributed by atoms with Crippen molar-refractivity contribution in [3.8, 4) is 0 Å². The maximum Gasteiger partial charge on any atom is 0.289 e. The van der Waals surface area contributed by atoms with Crippen molar-refractivity contribution in [1.29, 1.82) is 0 Å². The molecule has 0 aliphatic carbocycles. The molecule has 3 rings (SSSR count). The maximum absolute atomic E-state index is 14.5. The van der Waals surface area contributed by atoms with Gasteiger partial charge in [0.25, 0.3) is 6.33 Å². The predicted octanol–water partition coefficient (Wildman–Crippen LogP) is 1.42. The van der Waals surface area contributed by atoms with Crippen LogP contribution in [-0.2, 0) is 12.1 Å². The lowest BCUT2D eigenvalue weighted by atomic mass is 10.0. The van der Waals surface area contributed by atoms with Gasteiger partial charge in [0.15, 0.2) is 5.69 Å². The number of nitrogens with zero attached hydrogens (tertiary/aromatic N) is 5. The third kappa shape index (κ3) is 3.23. The number of aromatic nitrogens is 5. The van der Waals surface area contributed by atoms with Crippen molar-refractivity contribution < 1.29 is 27.1 Å². The minimum absolute atomic E-state index is 0.130. The van der Waals surface area contributed by atoms with Gasteiger partial charge in [-0.25, -0.2) is 23.2 Å². The first-order valence-corrected chi connectivity index (χ1v) is 7.34. The van der Waals surface area contributed by atoms with E-state index in [0.717, 1.165) is 16.8 Å². The molecule has 0 aliphatic heterocycles. The van der Waals surface area contributed by atoms with E-state index in [4.69, 9.17) is 4.11 Å². The molecule has 0 bridgehead atoms. The highest BCUT2D eigenvalue weighted by Crippen LogP contribution is 2.39. The second-order valence-electron chi connectivity index (χ2n) is 5.62. The van der Waals surface area contributed by atoms with Gasteiger partial charge >= 0.3 is 0 Å². The third-order valence-electron chi connectivity index (χ3n) is 4.03. The van der Waals surface area contributed by atoms with Gasteiger partial charge in [0, 0.05) is 11.6 Å². The number of benzene rings is 1. The summed E-state index contributed by atoms with van der Waals surface area (Å²) in [6.45, 7) is 0.590. The second-order valence-corrected chi connectivity index (χ2v) is 5.62. The van der Waals surface area contributed by atoms with Crippen LogP contribution >= 0.6 is 0 Å². The van der Waals surface area contributed by atoms with E-state index >= 15 is 0 Å². The van der Waals surface area contributed by atoms with Crippen LogP contribution in [0.5, 0.6) is 0 Å². The molecule has 1 aromatic carbocycles. The molecule has 136 valence electrons. The quantitative estimate of drug-likeness (QED) is 0.417. The molecule has 0 unspecified atom stereocenters. The first kappa shape index (κ1) is 14.2. The van der Waals surface area contributed by atoms with Gasteiger partial charge in [0.05, 0.1) is 12.5 Å². The van der Waals surface area contributed by atoms with E-state index in [0.29, 0.717) is 12.4 Å². The van der Waals surface area contributed by atoms with Gasteiger partial charge in [-0.05, 0) is 11.1 Å². The summed E-state index contributed by atoms with van der Waals surface area (Å²) in [5.41, 5.74) is -3.34. The van der Waals surface area contributed by atoms with Gasteiger partial charge in [0.2, 0.25) is 5.82 Å². The molecule has 2 aromatic heterocycles. The fourth-order valence-electron chi connectivity index (χ4n) is 2.66. The number of hydrogen-bond acceptors (Lipinski definition) is 5. The molecule has 3 aromatic rings. The lowest BCUT2D eigenvalue weighted by Gasteiger charge is -2.33. The second kappa shape index (κ2) is 6.71. The van der Waals surface area contributed by atoms with E-state index in [2.05, 4.69) is 15.1 Å². The van der Waals surface area contributed by atoms with Crippen LogP contribution in [0.1, 0.15) is 28.2 Å². The number of halogens is 3. The van der Waals surface area contributed by atoms with Crippen molar-refractivity contribution in [3.05, 3.63) is 77.2 Å². The van der Waals surface area contributed by atoms with Gasteiger partial charge < -0.3 is 10.3 Å². The van der Waals surface area contributed by atoms with Crippen molar-refractivity contribution in [2.24, 2.45) is 0 Å². The molecule has 1 N–H and O–H groups in total. The predicted molar refractivity (Wildman–Crippen MR) is 81.8 cm³/mol. The SMILES string of the molecule is [2H]c1nc([2H])n([13CH2][13C@](O)(c2ccc(F)cc2F)[C@@H](C)c2nc[n+]([O-])c([2H])c2F)n1. The normalized spacial score (nSPS) is 16.4. The summed E-state index contributed by atoms with van der Waals surface area (Å²) in [5.74, 6) is -4.78. The average Bonchev–Trinajstić information content (AvgIpc) is 2.96. The Morgan fingerprint density at radius 2 is 2.15 bits per heavy atom. The first-order chi connectivity index (χ1) is 13.5. The highest BCUT2D eigenvalue weighted by molar-refractivity contribution is 5.29. The molecular formula is C16H14F3N5O2. The number of hydrogen-bond donors (Lipinski definition) is 1. The summed E-state index contributed by atoms with van der Waals surface area (Å²) in [4.78, 5) is 7.07. The van der Waals surface area contributed by atoms with Crippen molar-refractivity contribution in [2.75, 3.05) is 0 Å². The summed E-state index contributed by atoms with van der Waals surface area (Å²) in [6, 6.07) is 2.34. The lowest BCUT2D eigenvalue weighted by Crippen LogP contribution is -2.39. The molecule has 2 heterocycles. The molecule has 0 saturated carbocycles. The van der Waals surface area contributed by atoms with Crippen LogP contribution < -0.4 is 4.73 Å². The Balaban J connectivity index is 2.19. The standard InChI is InChI=1S/C16H14F3N5O2/c1-10(15-14(19)5-24(26)9-21-15)16(25,6-23-8-20-7-22-23)12-3-2-11(17)4-13(12)18/h2-5,7-10,25H,6H2,1H3/t10-,16+/m0/s1/i5D,6+1,7D,8D,16+1. The van der Waals surface area contributed by atoms with Crippen molar-refractivity contribution >= 4 is 0 Å². The lowest BCUT2D eigenvalue weighted by molar-refractivity contribution is -0.610. The highest BCUT2D eigenvalue weighted by Gasteiger charge is 2.43. The molecular weight excluding hydrogens is 353 g/mol. The van der Waals surface area contributed by atoms with Crippen molar-refractivity contribution in [1.82, 2.24) is 19.7 Å². The molecule has 0 aliphatic rings. The fraction of sp³-hybridized carbons (Fsp3) is 0.250. The van der Waals surface area contributed by atoms with Crippen LogP contribution in [0, 0.1) is 22.7 Å². The molecule has 0 spiro atoms. The zero-order chi connectivity index (χ0) is 21.5. The Hall–Kier alpha value is -3.01. The Labute approximate surface area is 150 Å². The van der Waals surface area contributed by atoms with Crippen LogP contribution in [0.15, 0.2) is 43.3 Å². The topological polar surface area (TPSA) is 90.8 Å². The Bertz CT molecular complexity index is 1080. The highest BCUT2D eigenvalue weighted by atomic mass is 19.1.